The summed E-state index contributed by atoms with van der Waals surface area (Å²) in [5.41, 5.74) is 1.95. The summed E-state index contributed by atoms with van der Waals surface area (Å²) in [6.07, 6.45) is 2.04. The van der Waals surface area contributed by atoms with Crippen molar-refractivity contribution in [1.82, 2.24) is 15.0 Å². The lowest BCUT2D eigenvalue weighted by atomic mass is 10.1. The molecule has 1 saturated heterocycles. The predicted molar refractivity (Wildman–Crippen MR) is 120 cm³/mol. The van der Waals surface area contributed by atoms with Crippen LogP contribution >= 0.6 is 0 Å². The van der Waals surface area contributed by atoms with Crippen molar-refractivity contribution in [2.75, 3.05) is 6.54 Å². The topological polar surface area (TPSA) is 106 Å². The van der Waals surface area contributed by atoms with Gasteiger partial charge in [0.1, 0.15) is 11.5 Å². The maximum Gasteiger partial charge on any atom is 0.306 e. The van der Waals surface area contributed by atoms with Gasteiger partial charge in [0, 0.05) is 13.0 Å². The third-order valence-corrected chi connectivity index (χ3v) is 5.86. The fourth-order valence-corrected chi connectivity index (χ4v) is 3.92. The summed E-state index contributed by atoms with van der Waals surface area (Å²) in [6, 6.07) is 15.1. The van der Waals surface area contributed by atoms with Crippen molar-refractivity contribution in [3.8, 4) is 11.5 Å². The number of carbonyl (C=O) groups is 2. The van der Waals surface area contributed by atoms with Gasteiger partial charge >= 0.3 is 5.97 Å². The van der Waals surface area contributed by atoms with Crippen LogP contribution < -0.4 is 4.74 Å². The molecule has 1 fully saturated rings. The maximum atomic E-state index is 13.0. The van der Waals surface area contributed by atoms with E-state index in [4.69, 9.17) is 14.4 Å². The third kappa shape index (κ3) is 5.39. The van der Waals surface area contributed by atoms with E-state index in [1.165, 1.54) is 0 Å². The lowest BCUT2D eigenvalue weighted by Crippen LogP contribution is -2.32. The molecule has 3 aromatic rings. The van der Waals surface area contributed by atoms with E-state index >= 15 is 0 Å². The SMILES string of the molecule is Cc1ccccc1Oc1ccc(CC(=O)N2CCCC2c2noc(CC(C)C(=O)O)n2)cc1. The highest BCUT2D eigenvalue weighted by molar-refractivity contribution is 5.79. The molecular weight excluding hydrogens is 422 g/mol. The molecule has 2 heterocycles. The van der Waals surface area contributed by atoms with Crippen LogP contribution in [0.25, 0.3) is 0 Å². The molecule has 1 N–H and O–H groups in total. The van der Waals surface area contributed by atoms with Crippen LogP contribution in [-0.4, -0.2) is 38.6 Å². The number of hydrogen-bond acceptors (Lipinski definition) is 6. The van der Waals surface area contributed by atoms with Crippen molar-refractivity contribution in [1.29, 1.82) is 0 Å². The number of nitrogens with zero attached hydrogens (tertiary/aromatic N) is 3. The smallest absolute Gasteiger partial charge is 0.306 e. The highest BCUT2D eigenvalue weighted by Crippen LogP contribution is 2.31. The fourth-order valence-electron chi connectivity index (χ4n) is 3.92. The van der Waals surface area contributed by atoms with E-state index in [0.717, 1.165) is 35.5 Å². The van der Waals surface area contributed by atoms with E-state index in [0.29, 0.717) is 12.4 Å². The fraction of sp³-hybridized carbons (Fsp3) is 0.360. The van der Waals surface area contributed by atoms with Crippen LogP contribution in [0.2, 0.25) is 0 Å². The van der Waals surface area contributed by atoms with E-state index in [2.05, 4.69) is 10.1 Å². The summed E-state index contributed by atoms with van der Waals surface area (Å²) >= 11 is 0. The molecule has 8 heteroatoms. The van der Waals surface area contributed by atoms with Crippen LogP contribution in [0.15, 0.2) is 53.1 Å². The molecule has 1 aliphatic heterocycles. The predicted octanol–water partition coefficient (Wildman–Crippen LogP) is 4.34. The molecule has 0 aliphatic carbocycles. The summed E-state index contributed by atoms with van der Waals surface area (Å²) in [6.45, 7) is 4.22. The second-order valence-electron chi connectivity index (χ2n) is 8.42. The standard InChI is InChI=1S/C25H27N3O5/c1-16-6-3-4-8-21(16)32-19-11-9-18(10-12-19)15-23(29)28-13-5-7-20(28)24-26-22(33-27-24)14-17(2)25(30)31/h3-4,6,8-12,17,20H,5,7,13-15H2,1-2H3,(H,30,31). The van der Waals surface area contributed by atoms with Crippen LogP contribution in [0.5, 0.6) is 11.5 Å². The number of ether oxygens (including phenoxy) is 1. The lowest BCUT2D eigenvalue weighted by Gasteiger charge is -2.22. The number of benzene rings is 2. The Morgan fingerprint density at radius 3 is 2.70 bits per heavy atom. The minimum Gasteiger partial charge on any atom is -0.481 e. The first kappa shape index (κ1) is 22.5. The van der Waals surface area contributed by atoms with Crippen molar-refractivity contribution in [3.05, 3.63) is 71.4 Å². The maximum absolute atomic E-state index is 13.0. The Kier molecular flexibility index (Phi) is 6.72. The molecule has 1 amide bonds. The minimum absolute atomic E-state index is 0.00433. The highest BCUT2D eigenvalue weighted by Gasteiger charge is 2.33. The summed E-state index contributed by atoms with van der Waals surface area (Å²) in [7, 11) is 0. The Morgan fingerprint density at radius 1 is 1.21 bits per heavy atom. The average molecular weight is 450 g/mol. The number of carboxylic acids is 1. The summed E-state index contributed by atoms with van der Waals surface area (Å²) in [5, 5.41) is 13.1. The van der Waals surface area contributed by atoms with Gasteiger partial charge in [-0.25, -0.2) is 0 Å². The zero-order valence-corrected chi connectivity index (χ0v) is 18.7. The highest BCUT2D eigenvalue weighted by atomic mass is 16.5. The Morgan fingerprint density at radius 2 is 1.97 bits per heavy atom. The number of aliphatic carboxylic acids is 1. The van der Waals surface area contributed by atoms with Crippen molar-refractivity contribution in [2.24, 2.45) is 5.92 Å². The molecule has 1 aliphatic rings. The number of rotatable bonds is 8. The van der Waals surface area contributed by atoms with Crippen molar-refractivity contribution in [2.45, 2.75) is 45.6 Å². The van der Waals surface area contributed by atoms with Gasteiger partial charge in [0.2, 0.25) is 11.8 Å². The van der Waals surface area contributed by atoms with Gasteiger partial charge in [0.25, 0.3) is 0 Å². The zero-order valence-electron chi connectivity index (χ0n) is 18.7. The first-order valence-electron chi connectivity index (χ1n) is 11.1. The third-order valence-electron chi connectivity index (χ3n) is 5.86. The number of amides is 1. The van der Waals surface area contributed by atoms with Gasteiger partial charge in [0.15, 0.2) is 5.82 Å². The van der Waals surface area contributed by atoms with Crippen LogP contribution in [0.1, 0.15) is 48.6 Å². The van der Waals surface area contributed by atoms with E-state index < -0.39 is 11.9 Å². The molecule has 1 aromatic heterocycles. The molecule has 8 nitrogen and oxygen atoms in total. The average Bonchev–Trinajstić information content (AvgIpc) is 3.46. The second kappa shape index (κ2) is 9.85. The Bertz CT molecular complexity index is 1130. The molecule has 2 atom stereocenters. The molecule has 33 heavy (non-hydrogen) atoms. The van der Waals surface area contributed by atoms with Gasteiger partial charge in [-0.15, -0.1) is 0 Å². The molecular formula is C25H27N3O5. The lowest BCUT2D eigenvalue weighted by molar-refractivity contribution is -0.141. The second-order valence-corrected chi connectivity index (χ2v) is 8.42. The molecule has 0 radical (unpaired) electrons. The van der Waals surface area contributed by atoms with Crippen LogP contribution in [-0.2, 0) is 22.4 Å². The van der Waals surface area contributed by atoms with E-state index in [1.807, 2.05) is 55.5 Å². The van der Waals surface area contributed by atoms with Crippen molar-refractivity contribution >= 4 is 11.9 Å². The van der Waals surface area contributed by atoms with Crippen LogP contribution in [0.3, 0.4) is 0 Å². The summed E-state index contributed by atoms with van der Waals surface area (Å²) in [5.74, 6) is 0.710. The van der Waals surface area contributed by atoms with Gasteiger partial charge in [-0.3, -0.25) is 9.59 Å². The Hall–Kier alpha value is -3.68. The molecule has 172 valence electrons. The van der Waals surface area contributed by atoms with Crippen LogP contribution in [0, 0.1) is 12.8 Å². The number of likely N-dealkylation sites (tertiary alicyclic amines) is 1. The largest absolute Gasteiger partial charge is 0.481 e. The summed E-state index contributed by atoms with van der Waals surface area (Å²) in [4.78, 5) is 30.2. The normalized spacial score (nSPS) is 16.5. The number of carboxylic acid groups (broad SMARTS) is 1. The van der Waals surface area contributed by atoms with Gasteiger partial charge in [0.05, 0.1) is 18.4 Å². The number of hydrogen-bond donors (Lipinski definition) is 1. The van der Waals surface area contributed by atoms with E-state index in [9.17, 15) is 9.59 Å². The number of aromatic nitrogens is 2. The van der Waals surface area contributed by atoms with Crippen molar-refractivity contribution in [3.63, 3.8) is 0 Å². The van der Waals surface area contributed by atoms with Gasteiger partial charge in [-0.2, -0.15) is 4.98 Å². The zero-order chi connectivity index (χ0) is 23.4. The first-order valence-corrected chi connectivity index (χ1v) is 11.1. The van der Waals surface area contributed by atoms with Gasteiger partial charge in [-0.1, -0.05) is 42.4 Å². The van der Waals surface area contributed by atoms with Crippen LogP contribution in [0.4, 0.5) is 0 Å². The summed E-state index contributed by atoms with van der Waals surface area (Å²) < 4.78 is 11.2. The first-order chi connectivity index (χ1) is 15.9. The number of para-hydroxylation sites is 1. The molecule has 4 rings (SSSR count). The molecule has 0 spiro atoms. The molecule has 0 saturated carbocycles. The van der Waals surface area contributed by atoms with Gasteiger partial charge < -0.3 is 19.3 Å². The monoisotopic (exact) mass is 449 g/mol. The van der Waals surface area contributed by atoms with E-state index in [1.54, 1.807) is 11.8 Å². The number of carbonyl (C=O) groups excluding carboxylic acids is 1. The van der Waals surface area contributed by atoms with Gasteiger partial charge in [-0.05, 0) is 49.1 Å². The number of aryl methyl sites for hydroxylation is 1. The van der Waals surface area contributed by atoms with E-state index in [-0.39, 0.29) is 30.7 Å². The molecule has 0 bridgehead atoms. The molecule has 2 aromatic carbocycles. The molecule has 2 unspecified atom stereocenters. The quantitative estimate of drug-likeness (QED) is 0.545. The minimum atomic E-state index is -0.914. The Balaban J connectivity index is 1.38. The Labute approximate surface area is 192 Å². The van der Waals surface area contributed by atoms with Crippen molar-refractivity contribution < 1.29 is 24.0 Å².